The molecule has 2 aliphatic heterocycles. The van der Waals surface area contributed by atoms with Crippen molar-refractivity contribution in [3.05, 3.63) is 58.3 Å². The Bertz CT molecular complexity index is 856. The molecule has 0 spiro atoms. The molecule has 0 saturated carbocycles. The molecule has 1 aromatic carbocycles. The van der Waals surface area contributed by atoms with Gasteiger partial charge >= 0.3 is 0 Å². The number of hydrogen-bond acceptors (Lipinski definition) is 4. The highest BCUT2D eigenvalue weighted by Crippen LogP contribution is 2.29. The van der Waals surface area contributed by atoms with Gasteiger partial charge in [0.2, 0.25) is 0 Å². The number of amides is 1. The van der Waals surface area contributed by atoms with Crippen LogP contribution in [0.5, 0.6) is 0 Å². The summed E-state index contributed by atoms with van der Waals surface area (Å²) < 4.78 is 19.1. The largest absolute Gasteiger partial charge is 0.465 e. The van der Waals surface area contributed by atoms with Gasteiger partial charge in [-0.1, -0.05) is 18.6 Å². The first-order valence-corrected chi connectivity index (χ1v) is 11.2. The first-order valence-electron chi connectivity index (χ1n) is 11.2. The molecular formula is C24H32FN3O2. The minimum atomic E-state index is -0.218. The first-order chi connectivity index (χ1) is 14.6. The van der Waals surface area contributed by atoms with Gasteiger partial charge in [0.15, 0.2) is 0 Å². The molecule has 0 aliphatic carbocycles. The molecule has 5 nitrogen and oxygen atoms in total. The number of fused-ring (bicyclic) bond motifs is 1. The number of rotatable bonds is 7. The van der Waals surface area contributed by atoms with E-state index in [1.165, 1.54) is 44.5 Å². The molecule has 2 aliphatic rings. The van der Waals surface area contributed by atoms with Crippen molar-refractivity contribution in [2.24, 2.45) is 0 Å². The first kappa shape index (κ1) is 21.1. The maximum atomic E-state index is 13.2. The van der Waals surface area contributed by atoms with Crippen LogP contribution in [0.1, 0.15) is 58.7 Å². The standard InChI is InChI=1S/C24H32FN3O2/c1-18-23(24(29)26-11-5-14-27-12-3-2-4-13-27)21-17-28(15-10-22(21)30-18)16-19-6-8-20(25)9-7-19/h6-9H,2-5,10-17H2,1H3,(H,26,29). The number of nitrogens with zero attached hydrogens (tertiary/aromatic N) is 2. The van der Waals surface area contributed by atoms with Gasteiger partial charge in [-0.05, 0) is 63.5 Å². The van der Waals surface area contributed by atoms with Gasteiger partial charge in [0.1, 0.15) is 17.3 Å². The predicted molar refractivity (Wildman–Crippen MR) is 115 cm³/mol. The Morgan fingerprint density at radius 1 is 1.10 bits per heavy atom. The number of nitrogens with one attached hydrogen (secondary N) is 1. The topological polar surface area (TPSA) is 48.7 Å². The van der Waals surface area contributed by atoms with Crippen LogP contribution in [0.2, 0.25) is 0 Å². The fourth-order valence-electron chi connectivity index (χ4n) is 4.64. The van der Waals surface area contributed by atoms with Gasteiger partial charge in [-0.25, -0.2) is 4.39 Å². The molecule has 4 rings (SSSR count). The Morgan fingerprint density at radius 3 is 2.63 bits per heavy atom. The fourth-order valence-corrected chi connectivity index (χ4v) is 4.64. The molecule has 1 fully saturated rings. The molecule has 1 N–H and O–H groups in total. The van der Waals surface area contributed by atoms with Crippen LogP contribution >= 0.6 is 0 Å². The molecule has 0 radical (unpaired) electrons. The lowest BCUT2D eigenvalue weighted by atomic mass is 10.0. The van der Waals surface area contributed by atoms with Crippen LogP contribution in [-0.4, -0.2) is 48.4 Å². The van der Waals surface area contributed by atoms with Crippen LogP contribution in [0.25, 0.3) is 0 Å². The van der Waals surface area contributed by atoms with E-state index in [1.807, 2.05) is 19.1 Å². The van der Waals surface area contributed by atoms with E-state index in [9.17, 15) is 9.18 Å². The van der Waals surface area contributed by atoms with Gasteiger partial charge in [-0.3, -0.25) is 9.69 Å². The van der Waals surface area contributed by atoms with Crippen LogP contribution < -0.4 is 5.32 Å². The number of halogens is 1. The number of likely N-dealkylation sites (tertiary alicyclic amines) is 1. The van der Waals surface area contributed by atoms with E-state index in [-0.39, 0.29) is 11.7 Å². The summed E-state index contributed by atoms with van der Waals surface area (Å²) in [5, 5.41) is 3.10. The van der Waals surface area contributed by atoms with Gasteiger partial charge in [0.25, 0.3) is 5.91 Å². The summed E-state index contributed by atoms with van der Waals surface area (Å²) in [5.74, 6) is 1.39. The molecule has 0 bridgehead atoms. The second-order valence-corrected chi connectivity index (χ2v) is 8.53. The second-order valence-electron chi connectivity index (χ2n) is 8.53. The van der Waals surface area contributed by atoms with Crippen molar-refractivity contribution in [2.75, 3.05) is 32.7 Å². The van der Waals surface area contributed by atoms with Crippen molar-refractivity contribution in [3.63, 3.8) is 0 Å². The molecule has 30 heavy (non-hydrogen) atoms. The average molecular weight is 414 g/mol. The summed E-state index contributed by atoms with van der Waals surface area (Å²) in [7, 11) is 0. The number of aryl methyl sites for hydroxylation is 1. The summed E-state index contributed by atoms with van der Waals surface area (Å²) in [5.41, 5.74) is 2.78. The van der Waals surface area contributed by atoms with Crippen molar-refractivity contribution < 1.29 is 13.6 Å². The Hall–Kier alpha value is -2.18. The van der Waals surface area contributed by atoms with Crippen molar-refractivity contribution in [2.45, 2.75) is 52.1 Å². The van der Waals surface area contributed by atoms with E-state index >= 15 is 0 Å². The number of carbonyl (C=O) groups excluding carboxylic acids is 1. The second kappa shape index (κ2) is 9.75. The molecular weight excluding hydrogens is 381 g/mol. The van der Waals surface area contributed by atoms with Gasteiger partial charge < -0.3 is 14.6 Å². The smallest absolute Gasteiger partial charge is 0.255 e. The lowest BCUT2D eigenvalue weighted by Crippen LogP contribution is -2.34. The quantitative estimate of drug-likeness (QED) is 0.700. The van der Waals surface area contributed by atoms with Crippen molar-refractivity contribution >= 4 is 5.91 Å². The number of furan rings is 1. The van der Waals surface area contributed by atoms with Crippen LogP contribution in [0, 0.1) is 12.7 Å². The zero-order valence-corrected chi connectivity index (χ0v) is 17.9. The van der Waals surface area contributed by atoms with Gasteiger partial charge in [-0.2, -0.15) is 0 Å². The third kappa shape index (κ3) is 5.10. The summed E-state index contributed by atoms with van der Waals surface area (Å²) in [6.45, 7) is 8.28. The monoisotopic (exact) mass is 413 g/mol. The summed E-state index contributed by atoms with van der Waals surface area (Å²) >= 11 is 0. The third-order valence-corrected chi connectivity index (χ3v) is 6.24. The van der Waals surface area contributed by atoms with Gasteiger partial charge in [-0.15, -0.1) is 0 Å². The molecule has 1 saturated heterocycles. The highest BCUT2D eigenvalue weighted by atomic mass is 19.1. The Labute approximate surface area is 178 Å². The predicted octanol–water partition coefficient (Wildman–Crippen LogP) is 3.89. The van der Waals surface area contributed by atoms with E-state index in [1.54, 1.807) is 0 Å². The zero-order chi connectivity index (χ0) is 20.9. The Balaban J connectivity index is 1.33. The van der Waals surface area contributed by atoms with Crippen LogP contribution in [-0.2, 0) is 19.5 Å². The maximum Gasteiger partial charge on any atom is 0.255 e. The Morgan fingerprint density at radius 2 is 1.87 bits per heavy atom. The normalized spacial score (nSPS) is 17.7. The van der Waals surface area contributed by atoms with E-state index in [0.29, 0.717) is 24.4 Å². The molecule has 0 unspecified atom stereocenters. The summed E-state index contributed by atoms with van der Waals surface area (Å²) in [4.78, 5) is 17.7. The van der Waals surface area contributed by atoms with E-state index in [4.69, 9.17) is 4.42 Å². The minimum absolute atomic E-state index is 0.0280. The van der Waals surface area contributed by atoms with E-state index < -0.39 is 0 Å². The highest BCUT2D eigenvalue weighted by molar-refractivity contribution is 5.97. The van der Waals surface area contributed by atoms with E-state index in [2.05, 4.69) is 15.1 Å². The van der Waals surface area contributed by atoms with Crippen molar-refractivity contribution in [3.8, 4) is 0 Å². The van der Waals surface area contributed by atoms with Crippen LogP contribution in [0.4, 0.5) is 4.39 Å². The fraction of sp³-hybridized carbons (Fsp3) is 0.542. The van der Waals surface area contributed by atoms with E-state index in [0.717, 1.165) is 49.4 Å². The van der Waals surface area contributed by atoms with Crippen molar-refractivity contribution in [1.29, 1.82) is 0 Å². The molecule has 1 amide bonds. The third-order valence-electron chi connectivity index (χ3n) is 6.24. The SMILES string of the molecule is Cc1oc2c(c1C(=O)NCCCN1CCCCC1)CN(Cc1ccc(F)cc1)CC2. The number of benzene rings is 1. The van der Waals surface area contributed by atoms with Crippen LogP contribution in [0.15, 0.2) is 28.7 Å². The molecule has 2 aromatic rings. The molecule has 3 heterocycles. The van der Waals surface area contributed by atoms with Gasteiger partial charge in [0, 0.05) is 38.2 Å². The number of carbonyl (C=O) groups is 1. The molecule has 0 atom stereocenters. The summed E-state index contributed by atoms with van der Waals surface area (Å²) in [6, 6.07) is 6.63. The minimum Gasteiger partial charge on any atom is -0.465 e. The number of piperidine rings is 1. The lowest BCUT2D eigenvalue weighted by molar-refractivity contribution is 0.0947. The van der Waals surface area contributed by atoms with Crippen molar-refractivity contribution in [1.82, 2.24) is 15.1 Å². The van der Waals surface area contributed by atoms with Gasteiger partial charge in [0.05, 0.1) is 5.56 Å². The Kier molecular flexibility index (Phi) is 6.85. The summed E-state index contributed by atoms with van der Waals surface area (Å²) in [6.07, 6.45) is 5.69. The molecule has 6 heteroatoms. The maximum absolute atomic E-state index is 13.2. The molecule has 1 aromatic heterocycles. The molecule has 162 valence electrons. The lowest BCUT2D eigenvalue weighted by Gasteiger charge is -2.27. The highest BCUT2D eigenvalue weighted by Gasteiger charge is 2.28. The zero-order valence-electron chi connectivity index (χ0n) is 17.9. The van der Waals surface area contributed by atoms with Crippen LogP contribution in [0.3, 0.4) is 0 Å². The number of hydrogen-bond donors (Lipinski definition) is 1. The average Bonchev–Trinajstić information content (AvgIpc) is 3.08.